The van der Waals surface area contributed by atoms with Crippen LogP contribution >= 0.6 is 47.8 Å². The summed E-state index contributed by atoms with van der Waals surface area (Å²) in [5.74, 6) is 1.04. The van der Waals surface area contributed by atoms with Gasteiger partial charge in [-0.15, -0.1) is 0 Å². The molecular weight excluding hydrogens is 448 g/mol. The number of hydrogen-bond donors (Lipinski definition) is 0. The lowest BCUT2D eigenvalue weighted by Gasteiger charge is -2.20. The van der Waals surface area contributed by atoms with E-state index in [1.54, 1.807) is 0 Å². The van der Waals surface area contributed by atoms with Gasteiger partial charge >= 0.3 is 0 Å². The van der Waals surface area contributed by atoms with Crippen molar-refractivity contribution in [2.75, 3.05) is 6.61 Å². The number of ether oxygens (including phenoxy) is 1. The van der Waals surface area contributed by atoms with Crippen molar-refractivity contribution >= 4 is 47.8 Å². The van der Waals surface area contributed by atoms with Crippen LogP contribution in [0.2, 0.25) is 0 Å². The van der Waals surface area contributed by atoms with Crippen LogP contribution in [0.1, 0.15) is 27.9 Å². The van der Waals surface area contributed by atoms with Crippen molar-refractivity contribution in [3.05, 3.63) is 62.0 Å². The molecule has 0 fully saturated rings. The van der Waals surface area contributed by atoms with E-state index < -0.39 is 0 Å². The molecule has 3 rings (SSSR count). The number of alkyl halides is 1. The molecule has 0 saturated carbocycles. The molecule has 2 aromatic carbocycles. The lowest BCUT2D eigenvalue weighted by molar-refractivity contribution is 0.288. The van der Waals surface area contributed by atoms with Gasteiger partial charge in [0.15, 0.2) is 0 Å². The first-order chi connectivity index (χ1) is 9.65. The predicted octanol–water partition coefficient (Wildman–Crippen LogP) is 6.02. The Morgan fingerprint density at radius 2 is 1.90 bits per heavy atom. The summed E-state index contributed by atoms with van der Waals surface area (Å²) in [4.78, 5) is 0.168. The standard InChI is InChI=1S/C16H13Br3O/c17-12-4-5-14(18)13(9-12)16(19)11-3-6-15-10(8-11)2-1-7-20-15/h3-6,8-9,16H,1-2,7H2. The van der Waals surface area contributed by atoms with E-state index in [4.69, 9.17) is 4.74 Å². The normalized spacial score (nSPS) is 15.3. The quantitative estimate of drug-likeness (QED) is 0.498. The van der Waals surface area contributed by atoms with Crippen molar-refractivity contribution in [2.45, 2.75) is 17.7 Å². The Labute approximate surface area is 144 Å². The van der Waals surface area contributed by atoms with Crippen LogP contribution in [-0.2, 0) is 6.42 Å². The minimum atomic E-state index is 0.168. The predicted molar refractivity (Wildman–Crippen MR) is 92.9 cm³/mol. The zero-order valence-electron chi connectivity index (χ0n) is 10.7. The second-order valence-electron chi connectivity index (χ2n) is 4.85. The Morgan fingerprint density at radius 3 is 2.75 bits per heavy atom. The highest BCUT2D eigenvalue weighted by molar-refractivity contribution is 9.11. The maximum atomic E-state index is 5.67. The largest absolute Gasteiger partial charge is 0.493 e. The fourth-order valence-electron chi connectivity index (χ4n) is 2.43. The molecule has 1 aliphatic heterocycles. The molecule has 104 valence electrons. The molecule has 0 radical (unpaired) electrons. The average molecular weight is 461 g/mol. The van der Waals surface area contributed by atoms with Crippen molar-refractivity contribution < 1.29 is 4.74 Å². The molecular formula is C16H13Br3O. The maximum absolute atomic E-state index is 5.67. The Morgan fingerprint density at radius 1 is 1.05 bits per heavy atom. The van der Waals surface area contributed by atoms with E-state index >= 15 is 0 Å². The minimum absolute atomic E-state index is 0.168. The van der Waals surface area contributed by atoms with E-state index in [0.717, 1.165) is 34.1 Å². The first-order valence-electron chi connectivity index (χ1n) is 6.50. The van der Waals surface area contributed by atoms with Crippen molar-refractivity contribution in [1.82, 2.24) is 0 Å². The van der Waals surface area contributed by atoms with Gasteiger partial charge in [-0.25, -0.2) is 0 Å². The van der Waals surface area contributed by atoms with Crippen LogP contribution in [0, 0.1) is 0 Å². The van der Waals surface area contributed by atoms with Crippen LogP contribution in [0.15, 0.2) is 45.3 Å². The molecule has 0 aromatic heterocycles. The molecule has 0 saturated heterocycles. The van der Waals surface area contributed by atoms with Gasteiger partial charge in [0.05, 0.1) is 11.4 Å². The van der Waals surface area contributed by atoms with Crippen molar-refractivity contribution in [1.29, 1.82) is 0 Å². The maximum Gasteiger partial charge on any atom is 0.122 e. The van der Waals surface area contributed by atoms with E-state index in [0.29, 0.717) is 0 Å². The van der Waals surface area contributed by atoms with Crippen LogP contribution in [0.25, 0.3) is 0 Å². The fourth-order valence-corrected chi connectivity index (χ4v) is 4.25. The van der Waals surface area contributed by atoms with Crippen LogP contribution in [0.4, 0.5) is 0 Å². The lowest BCUT2D eigenvalue weighted by atomic mass is 9.99. The summed E-state index contributed by atoms with van der Waals surface area (Å²) < 4.78 is 7.87. The first-order valence-corrected chi connectivity index (χ1v) is 9.00. The van der Waals surface area contributed by atoms with Crippen molar-refractivity contribution in [2.24, 2.45) is 0 Å². The van der Waals surface area contributed by atoms with E-state index in [2.05, 4.69) is 78.1 Å². The Bertz CT molecular complexity index is 640. The molecule has 20 heavy (non-hydrogen) atoms. The van der Waals surface area contributed by atoms with Gasteiger partial charge in [0.2, 0.25) is 0 Å². The number of hydrogen-bond acceptors (Lipinski definition) is 1. The topological polar surface area (TPSA) is 9.23 Å². The Kier molecular flexibility index (Phi) is 4.53. The second-order valence-corrected chi connectivity index (χ2v) is 7.53. The Hall–Kier alpha value is -0.320. The van der Waals surface area contributed by atoms with E-state index in [1.165, 1.54) is 16.7 Å². The number of aryl methyl sites for hydroxylation is 1. The summed E-state index contributed by atoms with van der Waals surface area (Å²) in [6.45, 7) is 0.835. The molecule has 0 amide bonds. The van der Waals surface area contributed by atoms with Gasteiger partial charge in [-0.3, -0.25) is 0 Å². The SMILES string of the molecule is Brc1ccc(Br)c(C(Br)c2ccc3c(c2)CCCO3)c1. The smallest absolute Gasteiger partial charge is 0.122 e. The summed E-state index contributed by atoms with van der Waals surface area (Å²) in [6.07, 6.45) is 2.20. The fraction of sp³-hybridized carbons (Fsp3) is 0.250. The second kappa shape index (κ2) is 6.20. The molecule has 2 aromatic rings. The van der Waals surface area contributed by atoms with E-state index in [1.807, 2.05) is 6.07 Å². The van der Waals surface area contributed by atoms with Crippen molar-refractivity contribution in [3.63, 3.8) is 0 Å². The van der Waals surface area contributed by atoms with Crippen LogP contribution in [0.3, 0.4) is 0 Å². The molecule has 0 spiro atoms. The summed E-state index contributed by atoms with van der Waals surface area (Å²) in [5.41, 5.74) is 3.79. The highest BCUT2D eigenvalue weighted by Gasteiger charge is 2.17. The van der Waals surface area contributed by atoms with E-state index in [9.17, 15) is 0 Å². The van der Waals surface area contributed by atoms with Gasteiger partial charge in [-0.2, -0.15) is 0 Å². The third-order valence-electron chi connectivity index (χ3n) is 3.46. The Balaban J connectivity index is 1.97. The number of rotatable bonds is 2. The van der Waals surface area contributed by atoms with Gasteiger partial charge in [-0.05, 0) is 53.8 Å². The molecule has 1 unspecified atom stereocenters. The summed E-state index contributed by atoms with van der Waals surface area (Å²) in [6, 6.07) is 12.7. The van der Waals surface area contributed by atoms with Gasteiger partial charge < -0.3 is 4.74 Å². The third kappa shape index (κ3) is 2.97. The van der Waals surface area contributed by atoms with Crippen LogP contribution in [-0.4, -0.2) is 6.61 Å². The first kappa shape index (κ1) is 14.6. The average Bonchev–Trinajstić information content (AvgIpc) is 2.48. The highest BCUT2D eigenvalue weighted by atomic mass is 79.9. The molecule has 1 nitrogen and oxygen atoms in total. The lowest BCUT2D eigenvalue weighted by Crippen LogP contribution is -2.09. The monoisotopic (exact) mass is 458 g/mol. The highest BCUT2D eigenvalue weighted by Crippen LogP contribution is 2.38. The number of benzene rings is 2. The van der Waals surface area contributed by atoms with Gasteiger partial charge in [-0.1, -0.05) is 59.9 Å². The zero-order valence-corrected chi connectivity index (χ0v) is 15.5. The third-order valence-corrected chi connectivity index (χ3v) is 5.69. The van der Waals surface area contributed by atoms with Gasteiger partial charge in [0.1, 0.15) is 5.75 Å². The van der Waals surface area contributed by atoms with Crippen LogP contribution < -0.4 is 4.74 Å². The molecule has 1 atom stereocenters. The van der Waals surface area contributed by atoms with Crippen LogP contribution in [0.5, 0.6) is 5.75 Å². The molecule has 0 aliphatic carbocycles. The molecule has 0 N–H and O–H groups in total. The zero-order chi connectivity index (χ0) is 14.1. The number of fused-ring (bicyclic) bond motifs is 1. The van der Waals surface area contributed by atoms with Gasteiger partial charge in [0, 0.05) is 8.95 Å². The summed E-state index contributed by atoms with van der Waals surface area (Å²) in [5, 5.41) is 0. The molecule has 1 heterocycles. The molecule has 4 heteroatoms. The summed E-state index contributed by atoms with van der Waals surface area (Å²) in [7, 11) is 0. The molecule has 0 bridgehead atoms. The van der Waals surface area contributed by atoms with E-state index in [-0.39, 0.29) is 4.83 Å². The minimum Gasteiger partial charge on any atom is -0.493 e. The van der Waals surface area contributed by atoms with Gasteiger partial charge in [0.25, 0.3) is 0 Å². The molecule has 1 aliphatic rings. The summed E-state index contributed by atoms with van der Waals surface area (Å²) >= 11 is 11.0. The van der Waals surface area contributed by atoms with Crippen molar-refractivity contribution in [3.8, 4) is 5.75 Å². The number of halogens is 3.